The van der Waals surface area contributed by atoms with Gasteiger partial charge in [-0.25, -0.2) is 0 Å². The predicted molar refractivity (Wildman–Crippen MR) is 70.1 cm³/mol. The van der Waals surface area contributed by atoms with Crippen molar-refractivity contribution in [3.63, 3.8) is 0 Å². The molecular formula is C14H19N3. The zero-order valence-corrected chi connectivity index (χ0v) is 10.5. The Morgan fingerprint density at radius 1 is 1.29 bits per heavy atom. The molecule has 1 aromatic rings. The van der Waals surface area contributed by atoms with Gasteiger partial charge in [0.1, 0.15) is 0 Å². The van der Waals surface area contributed by atoms with Gasteiger partial charge in [-0.15, -0.1) is 0 Å². The van der Waals surface area contributed by atoms with Gasteiger partial charge in [0.05, 0.1) is 11.6 Å². The Hall–Kier alpha value is -1.53. The number of hydrogen-bond acceptors (Lipinski definition) is 3. The minimum absolute atomic E-state index is 0.116. The van der Waals surface area contributed by atoms with Crippen LogP contribution in [0.3, 0.4) is 0 Å². The molecule has 3 heteroatoms. The van der Waals surface area contributed by atoms with Crippen molar-refractivity contribution in [3.8, 4) is 6.07 Å². The average Bonchev–Trinajstić information content (AvgIpc) is 2.50. The fourth-order valence-electron chi connectivity index (χ4n) is 2.35. The molecule has 1 heterocycles. The van der Waals surface area contributed by atoms with Crippen molar-refractivity contribution in [3.05, 3.63) is 29.8 Å². The molecule has 0 radical (unpaired) electrons. The molecule has 1 fully saturated rings. The van der Waals surface area contributed by atoms with Crippen LogP contribution in [0.2, 0.25) is 0 Å². The Morgan fingerprint density at radius 3 is 2.65 bits per heavy atom. The van der Waals surface area contributed by atoms with Crippen molar-refractivity contribution >= 4 is 5.69 Å². The zero-order chi connectivity index (χ0) is 12.3. The summed E-state index contributed by atoms with van der Waals surface area (Å²) in [5, 5.41) is 12.3. The monoisotopic (exact) mass is 229 g/mol. The summed E-state index contributed by atoms with van der Waals surface area (Å²) < 4.78 is 0. The quantitative estimate of drug-likeness (QED) is 0.802. The van der Waals surface area contributed by atoms with Gasteiger partial charge >= 0.3 is 0 Å². The predicted octanol–water partition coefficient (Wildman–Crippen LogP) is 2.14. The second-order valence-corrected chi connectivity index (χ2v) is 5.15. The van der Waals surface area contributed by atoms with Crippen LogP contribution in [0.25, 0.3) is 0 Å². The van der Waals surface area contributed by atoms with E-state index in [0.717, 1.165) is 31.6 Å². The van der Waals surface area contributed by atoms with E-state index in [9.17, 15) is 0 Å². The minimum Gasteiger partial charge on any atom is -0.365 e. The van der Waals surface area contributed by atoms with Gasteiger partial charge in [-0.3, -0.25) is 0 Å². The first kappa shape index (κ1) is 11.9. The third kappa shape index (κ3) is 2.59. The first-order valence-electron chi connectivity index (χ1n) is 6.12. The molecule has 0 saturated carbocycles. The second-order valence-electron chi connectivity index (χ2n) is 5.15. The fourth-order valence-corrected chi connectivity index (χ4v) is 2.35. The van der Waals surface area contributed by atoms with Gasteiger partial charge in [-0.2, -0.15) is 5.26 Å². The molecule has 90 valence electrons. The van der Waals surface area contributed by atoms with E-state index in [1.165, 1.54) is 5.69 Å². The van der Waals surface area contributed by atoms with Crippen LogP contribution in [0.5, 0.6) is 0 Å². The Morgan fingerprint density at radius 2 is 2.00 bits per heavy atom. The minimum atomic E-state index is 0.116. The van der Waals surface area contributed by atoms with Crippen molar-refractivity contribution in [2.75, 3.05) is 24.5 Å². The molecule has 2 rings (SSSR count). The standard InChI is InChI=1S/C14H19N3/c1-14(2)11-16-8-3-9-17(14)13-6-4-12(10-15)5-7-13/h4-7,16H,3,8-9,11H2,1-2H3. The molecule has 1 aliphatic heterocycles. The number of rotatable bonds is 1. The molecule has 1 saturated heterocycles. The molecule has 0 unspecified atom stereocenters. The third-order valence-corrected chi connectivity index (χ3v) is 3.33. The topological polar surface area (TPSA) is 39.1 Å². The summed E-state index contributed by atoms with van der Waals surface area (Å²) in [6, 6.07) is 10.0. The lowest BCUT2D eigenvalue weighted by atomic mass is 10.0. The smallest absolute Gasteiger partial charge is 0.0991 e. The van der Waals surface area contributed by atoms with Gasteiger partial charge in [0, 0.05) is 24.3 Å². The Balaban J connectivity index is 2.26. The molecule has 0 spiro atoms. The summed E-state index contributed by atoms with van der Waals surface area (Å²) in [4.78, 5) is 2.42. The van der Waals surface area contributed by atoms with Crippen LogP contribution in [-0.2, 0) is 0 Å². The molecule has 0 bridgehead atoms. The summed E-state index contributed by atoms with van der Waals surface area (Å²) >= 11 is 0. The lowest BCUT2D eigenvalue weighted by Crippen LogP contribution is -2.48. The maximum absolute atomic E-state index is 8.81. The summed E-state index contributed by atoms with van der Waals surface area (Å²) in [6.07, 6.45) is 1.16. The molecule has 1 aromatic carbocycles. The van der Waals surface area contributed by atoms with Gasteiger partial charge in [0.15, 0.2) is 0 Å². The van der Waals surface area contributed by atoms with E-state index >= 15 is 0 Å². The van der Waals surface area contributed by atoms with E-state index < -0.39 is 0 Å². The molecule has 3 nitrogen and oxygen atoms in total. The first-order chi connectivity index (χ1) is 8.13. The lowest BCUT2D eigenvalue weighted by Gasteiger charge is -2.39. The molecule has 0 aliphatic carbocycles. The Labute approximate surface area is 103 Å². The normalized spacial score (nSPS) is 19.5. The van der Waals surface area contributed by atoms with Crippen molar-refractivity contribution in [1.29, 1.82) is 5.26 Å². The summed E-state index contributed by atoms with van der Waals surface area (Å²) in [5.41, 5.74) is 2.04. The first-order valence-corrected chi connectivity index (χ1v) is 6.12. The van der Waals surface area contributed by atoms with Crippen molar-refractivity contribution in [2.24, 2.45) is 0 Å². The van der Waals surface area contributed by atoms with Crippen LogP contribution in [0.1, 0.15) is 25.8 Å². The number of benzene rings is 1. The van der Waals surface area contributed by atoms with Crippen LogP contribution < -0.4 is 10.2 Å². The number of nitrogens with zero attached hydrogens (tertiary/aromatic N) is 2. The molecule has 0 atom stereocenters. The highest BCUT2D eigenvalue weighted by atomic mass is 15.2. The SMILES string of the molecule is CC1(C)CNCCCN1c1ccc(C#N)cc1. The Bertz CT molecular complexity index is 414. The van der Waals surface area contributed by atoms with Crippen LogP contribution >= 0.6 is 0 Å². The van der Waals surface area contributed by atoms with Gasteiger partial charge in [0.25, 0.3) is 0 Å². The maximum atomic E-state index is 8.81. The van der Waals surface area contributed by atoms with E-state index in [4.69, 9.17) is 5.26 Å². The summed E-state index contributed by atoms with van der Waals surface area (Å²) in [5.74, 6) is 0. The second kappa shape index (κ2) is 4.77. The number of nitriles is 1. The lowest BCUT2D eigenvalue weighted by molar-refractivity contribution is 0.462. The average molecular weight is 229 g/mol. The molecular weight excluding hydrogens is 210 g/mol. The molecule has 1 aliphatic rings. The van der Waals surface area contributed by atoms with Crippen LogP contribution in [0.15, 0.2) is 24.3 Å². The highest BCUT2D eigenvalue weighted by Gasteiger charge is 2.28. The Kier molecular flexibility index (Phi) is 3.35. The van der Waals surface area contributed by atoms with Gasteiger partial charge in [-0.05, 0) is 51.1 Å². The van der Waals surface area contributed by atoms with Crippen molar-refractivity contribution in [1.82, 2.24) is 5.32 Å². The van der Waals surface area contributed by atoms with Crippen LogP contribution in [0.4, 0.5) is 5.69 Å². The molecule has 1 N–H and O–H groups in total. The fraction of sp³-hybridized carbons (Fsp3) is 0.500. The maximum Gasteiger partial charge on any atom is 0.0991 e. The van der Waals surface area contributed by atoms with E-state index in [1.807, 2.05) is 24.3 Å². The van der Waals surface area contributed by atoms with Crippen LogP contribution in [-0.4, -0.2) is 25.2 Å². The molecule has 0 amide bonds. The summed E-state index contributed by atoms with van der Waals surface area (Å²) in [6.45, 7) is 7.64. The highest BCUT2D eigenvalue weighted by Crippen LogP contribution is 2.25. The zero-order valence-electron chi connectivity index (χ0n) is 10.5. The van der Waals surface area contributed by atoms with E-state index in [1.54, 1.807) is 0 Å². The number of nitrogens with one attached hydrogen (secondary N) is 1. The van der Waals surface area contributed by atoms with Gasteiger partial charge < -0.3 is 10.2 Å². The molecule has 0 aromatic heterocycles. The highest BCUT2D eigenvalue weighted by molar-refractivity contribution is 5.52. The van der Waals surface area contributed by atoms with Gasteiger partial charge in [-0.1, -0.05) is 0 Å². The van der Waals surface area contributed by atoms with E-state index in [0.29, 0.717) is 0 Å². The summed E-state index contributed by atoms with van der Waals surface area (Å²) in [7, 11) is 0. The van der Waals surface area contributed by atoms with Crippen molar-refractivity contribution < 1.29 is 0 Å². The number of hydrogen-bond donors (Lipinski definition) is 1. The van der Waals surface area contributed by atoms with E-state index in [-0.39, 0.29) is 5.54 Å². The largest absolute Gasteiger partial charge is 0.365 e. The van der Waals surface area contributed by atoms with Gasteiger partial charge in [0.2, 0.25) is 0 Å². The molecule has 17 heavy (non-hydrogen) atoms. The number of anilines is 1. The van der Waals surface area contributed by atoms with Crippen molar-refractivity contribution in [2.45, 2.75) is 25.8 Å². The van der Waals surface area contributed by atoms with E-state index in [2.05, 4.69) is 30.1 Å². The van der Waals surface area contributed by atoms with Crippen LogP contribution in [0, 0.1) is 11.3 Å². The third-order valence-electron chi connectivity index (χ3n) is 3.33.